The molecule has 2 heterocycles. The van der Waals surface area contributed by atoms with E-state index in [0.717, 1.165) is 35.4 Å². The number of aliphatic hydroxyl groups is 1. The second-order valence-electron chi connectivity index (χ2n) is 6.11. The van der Waals surface area contributed by atoms with E-state index in [0.29, 0.717) is 12.5 Å². The number of nitrogens with zero attached hydrogens (tertiary/aromatic N) is 5. The summed E-state index contributed by atoms with van der Waals surface area (Å²) in [4.78, 5) is 10.8. The van der Waals surface area contributed by atoms with Crippen LogP contribution in [0, 0.1) is 5.92 Å². The third-order valence-electron chi connectivity index (χ3n) is 4.33. The highest BCUT2D eigenvalue weighted by atomic mass is 16.3. The normalized spacial score (nSPS) is 15.7. The van der Waals surface area contributed by atoms with Crippen LogP contribution < -0.4 is 4.90 Å². The Morgan fingerprint density at radius 1 is 1.26 bits per heavy atom. The van der Waals surface area contributed by atoms with Crippen molar-refractivity contribution in [2.75, 3.05) is 18.5 Å². The minimum Gasteiger partial charge on any atom is -0.391 e. The number of likely N-dealkylation sites (N-methyl/N-ethyl adjacent to an activating group) is 1. The Labute approximate surface area is 134 Å². The van der Waals surface area contributed by atoms with Gasteiger partial charge in [-0.25, -0.2) is 14.6 Å². The minimum atomic E-state index is -0.297. The SMILES string of the molecule is CN(C[C@H](O)C1CC1)c1ncnc2c1cnn2-c1ccccc1. The molecule has 0 radical (unpaired) electrons. The lowest BCUT2D eigenvalue weighted by Crippen LogP contribution is -2.31. The molecule has 1 aliphatic carbocycles. The van der Waals surface area contributed by atoms with Gasteiger partial charge in [0.1, 0.15) is 12.1 Å². The Morgan fingerprint density at radius 3 is 2.78 bits per heavy atom. The molecule has 1 fully saturated rings. The summed E-state index contributed by atoms with van der Waals surface area (Å²) in [7, 11) is 1.95. The van der Waals surface area contributed by atoms with E-state index in [2.05, 4.69) is 15.1 Å². The molecule has 0 amide bonds. The summed E-state index contributed by atoms with van der Waals surface area (Å²) < 4.78 is 1.81. The second-order valence-corrected chi connectivity index (χ2v) is 6.11. The first-order valence-electron chi connectivity index (χ1n) is 7.87. The Hall–Kier alpha value is -2.47. The van der Waals surface area contributed by atoms with Crippen LogP contribution in [-0.2, 0) is 0 Å². The lowest BCUT2D eigenvalue weighted by atomic mass is 10.2. The average Bonchev–Trinajstić information content (AvgIpc) is 3.34. The van der Waals surface area contributed by atoms with Crippen LogP contribution in [0.15, 0.2) is 42.9 Å². The van der Waals surface area contributed by atoms with E-state index >= 15 is 0 Å². The summed E-state index contributed by atoms with van der Waals surface area (Å²) in [5.41, 5.74) is 1.74. The predicted molar refractivity (Wildman–Crippen MR) is 88.7 cm³/mol. The van der Waals surface area contributed by atoms with Crippen LogP contribution in [0.4, 0.5) is 5.82 Å². The largest absolute Gasteiger partial charge is 0.391 e. The molecule has 0 saturated heterocycles. The molecule has 2 aromatic heterocycles. The molecule has 23 heavy (non-hydrogen) atoms. The summed E-state index contributed by atoms with van der Waals surface area (Å²) in [6.45, 7) is 0.577. The van der Waals surface area contributed by atoms with Gasteiger partial charge in [-0.15, -0.1) is 0 Å². The van der Waals surface area contributed by atoms with Crippen molar-refractivity contribution in [3.63, 3.8) is 0 Å². The third kappa shape index (κ3) is 2.66. The van der Waals surface area contributed by atoms with Crippen LogP contribution >= 0.6 is 0 Å². The number of hydrogen-bond acceptors (Lipinski definition) is 5. The maximum Gasteiger partial charge on any atom is 0.168 e. The van der Waals surface area contributed by atoms with Gasteiger partial charge in [0, 0.05) is 13.6 Å². The molecule has 0 spiro atoms. The Balaban J connectivity index is 1.70. The fraction of sp³-hybridized carbons (Fsp3) is 0.353. The molecule has 4 rings (SSSR count). The van der Waals surface area contributed by atoms with Crippen molar-refractivity contribution >= 4 is 16.9 Å². The molecule has 3 aromatic rings. The zero-order chi connectivity index (χ0) is 15.8. The molecule has 0 aliphatic heterocycles. The first-order chi connectivity index (χ1) is 11.2. The second kappa shape index (κ2) is 5.62. The number of hydrogen-bond donors (Lipinski definition) is 1. The summed E-state index contributed by atoms with van der Waals surface area (Å²) in [5, 5.41) is 15.5. The van der Waals surface area contributed by atoms with Gasteiger partial charge in [0.2, 0.25) is 0 Å². The van der Waals surface area contributed by atoms with Gasteiger partial charge in [0.25, 0.3) is 0 Å². The molecule has 1 aromatic carbocycles. The van der Waals surface area contributed by atoms with Crippen molar-refractivity contribution in [1.82, 2.24) is 19.7 Å². The molecule has 1 aliphatic rings. The van der Waals surface area contributed by atoms with Crippen LogP contribution in [-0.4, -0.2) is 44.6 Å². The summed E-state index contributed by atoms with van der Waals surface area (Å²) >= 11 is 0. The Bertz CT molecular complexity index is 812. The molecule has 6 heteroatoms. The van der Waals surface area contributed by atoms with Gasteiger partial charge in [-0.3, -0.25) is 0 Å². The molecule has 118 valence electrons. The van der Waals surface area contributed by atoms with E-state index in [9.17, 15) is 5.11 Å². The van der Waals surface area contributed by atoms with Crippen molar-refractivity contribution in [2.24, 2.45) is 5.92 Å². The van der Waals surface area contributed by atoms with Crippen molar-refractivity contribution in [2.45, 2.75) is 18.9 Å². The molecule has 1 N–H and O–H groups in total. The first-order valence-corrected chi connectivity index (χ1v) is 7.87. The van der Waals surface area contributed by atoms with Crippen molar-refractivity contribution in [3.05, 3.63) is 42.9 Å². The van der Waals surface area contributed by atoms with Crippen LogP contribution in [0.5, 0.6) is 0 Å². The molecule has 1 atom stereocenters. The van der Waals surface area contributed by atoms with Gasteiger partial charge in [-0.2, -0.15) is 5.10 Å². The molecular weight excluding hydrogens is 290 g/mol. The van der Waals surface area contributed by atoms with Gasteiger partial charge >= 0.3 is 0 Å². The number of benzene rings is 1. The number of aliphatic hydroxyl groups excluding tert-OH is 1. The maximum absolute atomic E-state index is 10.2. The smallest absolute Gasteiger partial charge is 0.168 e. The number of anilines is 1. The minimum absolute atomic E-state index is 0.297. The number of fused-ring (bicyclic) bond motifs is 1. The topological polar surface area (TPSA) is 67.1 Å². The fourth-order valence-corrected chi connectivity index (χ4v) is 2.89. The molecule has 0 bridgehead atoms. The van der Waals surface area contributed by atoms with Crippen molar-refractivity contribution in [1.29, 1.82) is 0 Å². The molecule has 1 saturated carbocycles. The van der Waals surface area contributed by atoms with E-state index in [1.54, 1.807) is 12.5 Å². The van der Waals surface area contributed by atoms with Gasteiger partial charge in [0.15, 0.2) is 5.65 Å². The Morgan fingerprint density at radius 2 is 2.04 bits per heavy atom. The monoisotopic (exact) mass is 309 g/mol. The van der Waals surface area contributed by atoms with Crippen molar-refractivity contribution in [3.8, 4) is 5.69 Å². The highest BCUT2D eigenvalue weighted by Crippen LogP contribution is 2.33. The molecule has 6 nitrogen and oxygen atoms in total. The molecule has 0 unspecified atom stereocenters. The van der Waals surface area contributed by atoms with E-state index in [-0.39, 0.29) is 6.10 Å². The lowest BCUT2D eigenvalue weighted by Gasteiger charge is -2.21. The van der Waals surface area contributed by atoms with E-state index < -0.39 is 0 Å². The summed E-state index contributed by atoms with van der Waals surface area (Å²) in [6.07, 6.45) is 5.30. The lowest BCUT2D eigenvalue weighted by molar-refractivity contribution is 0.158. The average molecular weight is 309 g/mol. The zero-order valence-electron chi connectivity index (χ0n) is 13.0. The van der Waals surface area contributed by atoms with Crippen molar-refractivity contribution < 1.29 is 5.11 Å². The highest BCUT2D eigenvalue weighted by Gasteiger charge is 2.30. The van der Waals surface area contributed by atoms with Crippen LogP contribution in [0.25, 0.3) is 16.7 Å². The standard InChI is InChI=1S/C17H19N5O/c1-21(10-15(23)12-7-8-12)16-14-9-20-22(17(14)19-11-18-16)13-5-3-2-4-6-13/h2-6,9,11-12,15,23H,7-8,10H2,1H3/t15-/m0/s1. The zero-order valence-corrected chi connectivity index (χ0v) is 13.0. The molecular formula is C17H19N5O. The Kier molecular flexibility index (Phi) is 3.46. The summed E-state index contributed by atoms with van der Waals surface area (Å²) in [6, 6.07) is 9.92. The summed E-state index contributed by atoms with van der Waals surface area (Å²) in [5.74, 6) is 1.25. The number of rotatable bonds is 5. The quantitative estimate of drug-likeness (QED) is 0.781. The first kappa shape index (κ1) is 14.1. The third-order valence-corrected chi connectivity index (χ3v) is 4.33. The van der Waals surface area contributed by atoms with Gasteiger partial charge in [0.05, 0.1) is 23.4 Å². The van der Waals surface area contributed by atoms with E-state index in [1.165, 1.54) is 0 Å². The fourth-order valence-electron chi connectivity index (χ4n) is 2.89. The predicted octanol–water partition coefficient (Wildman–Crippen LogP) is 2.02. The van der Waals surface area contributed by atoms with Crippen LogP contribution in [0.3, 0.4) is 0 Å². The number of aromatic nitrogens is 4. The van der Waals surface area contributed by atoms with Gasteiger partial charge in [-0.1, -0.05) is 18.2 Å². The number of para-hydroxylation sites is 1. The van der Waals surface area contributed by atoms with E-state index in [1.807, 2.05) is 47.0 Å². The van der Waals surface area contributed by atoms with Gasteiger partial charge < -0.3 is 10.0 Å². The maximum atomic E-state index is 10.2. The van der Waals surface area contributed by atoms with E-state index in [4.69, 9.17) is 0 Å². The van der Waals surface area contributed by atoms with Gasteiger partial charge in [-0.05, 0) is 30.9 Å². The van der Waals surface area contributed by atoms with Crippen LogP contribution in [0.1, 0.15) is 12.8 Å². The van der Waals surface area contributed by atoms with Crippen LogP contribution in [0.2, 0.25) is 0 Å². The highest BCUT2D eigenvalue weighted by molar-refractivity contribution is 5.87.